The second-order valence-corrected chi connectivity index (χ2v) is 8.11. The van der Waals surface area contributed by atoms with Crippen LogP contribution in [-0.2, 0) is 4.74 Å². The predicted octanol–water partition coefficient (Wildman–Crippen LogP) is 2.95. The number of pyridine rings is 1. The van der Waals surface area contributed by atoms with Gasteiger partial charge in [0.2, 0.25) is 11.8 Å². The number of fused-ring (bicyclic) bond motifs is 1. The van der Waals surface area contributed by atoms with Gasteiger partial charge in [0.05, 0.1) is 17.8 Å². The molecule has 8 heteroatoms. The number of amides is 1. The highest BCUT2D eigenvalue weighted by atomic mass is 16.6. The molecule has 3 rings (SSSR count). The van der Waals surface area contributed by atoms with E-state index in [1.807, 2.05) is 39.5 Å². The Morgan fingerprint density at radius 1 is 1.30 bits per heavy atom. The van der Waals surface area contributed by atoms with Crippen molar-refractivity contribution >= 4 is 23.1 Å². The summed E-state index contributed by atoms with van der Waals surface area (Å²) in [5, 5.41) is 9.46. The standard InChI is InChI=1S/C19H27N5O3/c1-12(2)24(18(26)27-19(3,4)5)13-8-9-23(11-13)17-20-10-15-14(22-17)6-7-16(25)21-15/h6-7,10,12-13H,8-9,11H2,1-5H3,(H,21,25)/t13-/m0/s1. The fourth-order valence-electron chi connectivity index (χ4n) is 3.30. The van der Waals surface area contributed by atoms with Gasteiger partial charge in [0.25, 0.3) is 0 Å². The lowest BCUT2D eigenvalue weighted by molar-refractivity contribution is 0.0107. The molecular weight excluding hydrogens is 346 g/mol. The zero-order valence-electron chi connectivity index (χ0n) is 16.5. The number of hydrogen-bond acceptors (Lipinski definition) is 7. The summed E-state index contributed by atoms with van der Waals surface area (Å²) in [5.74, 6) is 0.551. The van der Waals surface area contributed by atoms with Gasteiger partial charge in [-0.3, -0.25) is 0 Å². The van der Waals surface area contributed by atoms with Crippen LogP contribution in [0.3, 0.4) is 0 Å². The highest BCUT2D eigenvalue weighted by molar-refractivity contribution is 5.75. The summed E-state index contributed by atoms with van der Waals surface area (Å²) >= 11 is 0. The second kappa shape index (κ2) is 7.17. The molecule has 1 amide bonds. The Hall–Kier alpha value is -2.64. The van der Waals surface area contributed by atoms with Crippen molar-refractivity contribution < 1.29 is 14.6 Å². The van der Waals surface area contributed by atoms with Crippen LogP contribution in [0.15, 0.2) is 18.3 Å². The molecule has 1 N–H and O–H groups in total. The molecule has 0 bridgehead atoms. The van der Waals surface area contributed by atoms with E-state index in [0.29, 0.717) is 23.5 Å². The summed E-state index contributed by atoms with van der Waals surface area (Å²) in [6.45, 7) is 11.0. The highest BCUT2D eigenvalue weighted by Gasteiger charge is 2.35. The van der Waals surface area contributed by atoms with Crippen LogP contribution in [0.4, 0.5) is 10.7 Å². The van der Waals surface area contributed by atoms with Crippen molar-refractivity contribution in [3.8, 4) is 5.88 Å². The van der Waals surface area contributed by atoms with E-state index in [1.165, 1.54) is 6.07 Å². The zero-order valence-corrected chi connectivity index (χ0v) is 16.5. The van der Waals surface area contributed by atoms with E-state index in [4.69, 9.17) is 4.74 Å². The van der Waals surface area contributed by atoms with Gasteiger partial charge >= 0.3 is 6.09 Å². The lowest BCUT2D eigenvalue weighted by Gasteiger charge is -2.34. The first-order valence-electron chi connectivity index (χ1n) is 9.23. The maximum absolute atomic E-state index is 12.7. The predicted molar refractivity (Wildman–Crippen MR) is 103 cm³/mol. The molecule has 1 aliphatic heterocycles. The van der Waals surface area contributed by atoms with Gasteiger partial charge in [-0.05, 0) is 47.1 Å². The molecule has 0 saturated carbocycles. The Labute approximate surface area is 159 Å². The number of aromatic nitrogens is 3. The van der Waals surface area contributed by atoms with Crippen molar-refractivity contribution in [2.45, 2.75) is 58.7 Å². The van der Waals surface area contributed by atoms with E-state index in [-0.39, 0.29) is 24.1 Å². The maximum atomic E-state index is 12.7. The normalized spacial score (nSPS) is 17.6. The average Bonchev–Trinajstić information content (AvgIpc) is 3.01. The van der Waals surface area contributed by atoms with Crippen LogP contribution >= 0.6 is 0 Å². The summed E-state index contributed by atoms with van der Waals surface area (Å²) in [4.78, 5) is 29.5. The molecule has 0 spiro atoms. The van der Waals surface area contributed by atoms with Crippen LogP contribution in [-0.4, -0.2) is 61.8 Å². The molecule has 3 heterocycles. The fraction of sp³-hybridized carbons (Fsp3) is 0.579. The van der Waals surface area contributed by atoms with Crippen LogP contribution < -0.4 is 4.90 Å². The maximum Gasteiger partial charge on any atom is 0.410 e. The van der Waals surface area contributed by atoms with Crippen LogP contribution in [0.5, 0.6) is 5.88 Å². The molecule has 27 heavy (non-hydrogen) atoms. The van der Waals surface area contributed by atoms with Crippen LogP contribution in [0.2, 0.25) is 0 Å². The SMILES string of the molecule is CC(C)N(C(=O)OC(C)(C)C)[C@H]1CCN(c2ncc3nc(O)ccc3n2)C1. The Morgan fingerprint density at radius 2 is 2.04 bits per heavy atom. The summed E-state index contributed by atoms with van der Waals surface area (Å²) in [7, 11) is 0. The minimum Gasteiger partial charge on any atom is -0.493 e. The molecule has 0 unspecified atom stereocenters. The molecule has 146 valence electrons. The molecule has 0 aliphatic carbocycles. The number of aromatic hydroxyl groups is 1. The average molecular weight is 373 g/mol. The van der Waals surface area contributed by atoms with Gasteiger partial charge in [-0.25, -0.2) is 19.7 Å². The fourth-order valence-corrected chi connectivity index (χ4v) is 3.30. The van der Waals surface area contributed by atoms with Gasteiger partial charge in [0.15, 0.2) is 0 Å². The Morgan fingerprint density at radius 3 is 2.70 bits per heavy atom. The van der Waals surface area contributed by atoms with E-state index >= 15 is 0 Å². The second-order valence-electron chi connectivity index (χ2n) is 8.11. The largest absolute Gasteiger partial charge is 0.493 e. The van der Waals surface area contributed by atoms with E-state index in [0.717, 1.165) is 13.0 Å². The van der Waals surface area contributed by atoms with E-state index < -0.39 is 5.60 Å². The number of hydrogen-bond donors (Lipinski definition) is 1. The highest BCUT2D eigenvalue weighted by Crippen LogP contribution is 2.25. The Bertz CT molecular complexity index is 834. The molecule has 1 fully saturated rings. The van der Waals surface area contributed by atoms with E-state index in [2.05, 4.69) is 19.9 Å². The summed E-state index contributed by atoms with van der Waals surface area (Å²) < 4.78 is 5.59. The van der Waals surface area contributed by atoms with Crippen molar-refractivity contribution in [2.24, 2.45) is 0 Å². The van der Waals surface area contributed by atoms with Gasteiger partial charge in [-0.15, -0.1) is 0 Å². The van der Waals surface area contributed by atoms with Crippen molar-refractivity contribution in [2.75, 3.05) is 18.0 Å². The lowest BCUT2D eigenvalue weighted by atomic mass is 10.2. The van der Waals surface area contributed by atoms with Crippen LogP contribution in [0.1, 0.15) is 41.0 Å². The molecule has 2 aromatic rings. The molecule has 0 aromatic carbocycles. The summed E-state index contributed by atoms with van der Waals surface area (Å²) in [5.41, 5.74) is 0.698. The molecule has 2 aromatic heterocycles. The van der Waals surface area contributed by atoms with Crippen LogP contribution in [0.25, 0.3) is 11.0 Å². The first-order valence-corrected chi connectivity index (χ1v) is 9.23. The van der Waals surface area contributed by atoms with Gasteiger partial charge in [-0.1, -0.05) is 0 Å². The van der Waals surface area contributed by atoms with Crippen molar-refractivity contribution in [1.82, 2.24) is 19.9 Å². The molecule has 1 aliphatic rings. The topological polar surface area (TPSA) is 91.7 Å². The summed E-state index contributed by atoms with van der Waals surface area (Å²) in [6.07, 6.45) is 2.15. The molecule has 1 saturated heterocycles. The number of anilines is 1. The van der Waals surface area contributed by atoms with E-state index in [1.54, 1.807) is 12.3 Å². The lowest BCUT2D eigenvalue weighted by Crippen LogP contribution is -2.48. The minimum atomic E-state index is -0.525. The molecule has 0 radical (unpaired) electrons. The number of carbonyl (C=O) groups is 1. The number of nitrogens with zero attached hydrogens (tertiary/aromatic N) is 5. The first-order chi connectivity index (χ1) is 12.6. The Kier molecular flexibility index (Phi) is 5.08. The van der Waals surface area contributed by atoms with Gasteiger partial charge in [0, 0.05) is 25.2 Å². The third-order valence-electron chi connectivity index (χ3n) is 4.41. The van der Waals surface area contributed by atoms with Crippen molar-refractivity contribution in [3.63, 3.8) is 0 Å². The molecule has 8 nitrogen and oxygen atoms in total. The first kappa shape index (κ1) is 19.1. The molecular formula is C19H27N5O3. The molecule has 1 atom stereocenters. The zero-order chi connectivity index (χ0) is 19.8. The number of ether oxygens (including phenoxy) is 1. The van der Waals surface area contributed by atoms with Crippen LogP contribution in [0, 0.1) is 0 Å². The number of rotatable bonds is 3. The summed E-state index contributed by atoms with van der Waals surface area (Å²) in [6, 6.07) is 3.30. The smallest absolute Gasteiger partial charge is 0.410 e. The van der Waals surface area contributed by atoms with Crippen molar-refractivity contribution in [3.05, 3.63) is 18.3 Å². The Balaban J connectivity index is 1.76. The third-order valence-corrected chi connectivity index (χ3v) is 4.41. The quantitative estimate of drug-likeness (QED) is 0.884. The minimum absolute atomic E-state index is 0.0366. The van der Waals surface area contributed by atoms with E-state index in [9.17, 15) is 9.90 Å². The van der Waals surface area contributed by atoms with Gasteiger partial charge in [0.1, 0.15) is 11.1 Å². The number of carbonyl (C=O) groups excluding carboxylic acids is 1. The van der Waals surface area contributed by atoms with Gasteiger partial charge < -0.3 is 19.6 Å². The van der Waals surface area contributed by atoms with Crippen molar-refractivity contribution in [1.29, 1.82) is 0 Å². The van der Waals surface area contributed by atoms with Gasteiger partial charge in [-0.2, -0.15) is 0 Å². The monoisotopic (exact) mass is 373 g/mol. The third kappa shape index (κ3) is 4.37.